The van der Waals surface area contributed by atoms with Crippen molar-refractivity contribution in [2.75, 3.05) is 6.54 Å². The van der Waals surface area contributed by atoms with E-state index in [-0.39, 0.29) is 0 Å². The van der Waals surface area contributed by atoms with E-state index in [4.69, 9.17) is 0 Å². The molecule has 2 aromatic carbocycles. The van der Waals surface area contributed by atoms with Gasteiger partial charge in [-0.2, -0.15) is 0 Å². The Morgan fingerprint density at radius 2 is 1.56 bits per heavy atom. The van der Waals surface area contributed by atoms with E-state index >= 15 is 0 Å². The first-order valence-corrected chi connectivity index (χ1v) is 10.6. The van der Waals surface area contributed by atoms with Crippen LogP contribution in [0.2, 0.25) is 0 Å². The van der Waals surface area contributed by atoms with Crippen molar-refractivity contribution in [3.05, 3.63) is 65.7 Å². The zero-order chi connectivity index (χ0) is 17.9. The van der Waals surface area contributed by atoms with Crippen LogP contribution in [-0.4, -0.2) is 25.2 Å². The van der Waals surface area contributed by atoms with Crippen molar-refractivity contribution in [1.82, 2.24) is 4.90 Å². The minimum Gasteiger partial charge on any atom is -0.282 e. The number of hydrogen-bond donors (Lipinski definition) is 0. The SMILES string of the molecule is CC(C)CCC(N1CCc2ccccc2C1)S(=O)(=O)c1ccccc1. The lowest BCUT2D eigenvalue weighted by Gasteiger charge is -2.35. The molecule has 0 saturated heterocycles. The first-order chi connectivity index (χ1) is 12.0. The molecule has 1 aliphatic rings. The molecule has 1 atom stereocenters. The maximum Gasteiger partial charge on any atom is 0.194 e. The van der Waals surface area contributed by atoms with Crippen molar-refractivity contribution in [3.8, 4) is 0 Å². The third-order valence-corrected chi connectivity index (χ3v) is 7.17. The third-order valence-electron chi connectivity index (χ3n) is 4.99. The molecule has 0 saturated carbocycles. The Bertz CT molecular complexity index is 800. The number of sulfone groups is 1. The van der Waals surface area contributed by atoms with Crippen LogP contribution in [0.25, 0.3) is 0 Å². The van der Waals surface area contributed by atoms with Gasteiger partial charge in [0.05, 0.1) is 4.90 Å². The second-order valence-electron chi connectivity index (χ2n) is 7.27. The average molecular weight is 358 g/mol. The van der Waals surface area contributed by atoms with Gasteiger partial charge in [-0.25, -0.2) is 8.42 Å². The smallest absolute Gasteiger partial charge is 0.194 e. The molecule has 0 amide bonds. The van der Waals surface area contributed by atoms with Crippen molar-refractivity contribution in [3.63, 3.8) is 0 Å². The summed E-state index contributed by atoms with van der Waals surface area (Å²) >= 11 is 0. The summed E-state index contributed by atoms with van der Waals surface area (Å²) in [6.45, 7) is 5.81. The molecule has 1 unspecified atom stereocenters. The summed E-state index contributed by atoms with van der Waals surface area (Å²) in [6, 6.07) is 17.3. The summed E-state index contributed by atoms with van der Waals surface area (Å²) in [5.41, 5.74) is 2.60. The summed E-state index contributed by atoms with van der Waals surface area (Å²) in [5, 5.41) is -0.453. The van der Waals surface area contributed by atoms with Crippen LogP contribution >= 0.6 is 0 Å². The van der Waals surface area contributed by atoms with E-state index < -0.39 is 15.2 Å². The molecule has 3 nitrogen and oxygen atoms in total. The zero-order valence-corrected chi connectivity index (χ0v) is 15.9. The first-order valence-electron chi connectivity index (χ1n) is 9.08. The number of fused-ring (bicyclic) bond motifs is 1. The molecule has 1 aliphatic heterocycles. The van der Waals surface area contributed by atoms with Crippen LogP contribution in [0.3, 0.4) is 0 Å². The van der Waals surface area contributed by atoms with Crippen LogP contribution in [0.1, 0.15) is 37.8 Å². The predicted octanol–water partition coefficient (Wildman–Crippen LogP) is 4.28. The van der Waals surface area contributed by atoms with Crippen molar-refractivity contribution >= 4 is 9.84 Å². The molecule has 4 heteroatoms. The van der Waals surface area contributed by atoms with Gasteiger partial charge in [-0.05, 0) is 48.4 Å². The molecule has 3 rings (SSSR count). The minimum atomic E-state index is -3.37. The molecule has 0 radical (unpaired) electrons. The second-order valence-corrected chi connectivity index (χ2v) is 9.38. The maximum atomic E-state index is 13.3. The molecule has 0 N–H and O–H groups in total. The molecule has 0 aromatic heterocycles. The van der Waals surface area contributed by atoms with Gasteiger partial charge in [0, 0.05) is 13.1 Å². The number of rotatable bonds is 6. The first kappa shape index (κ1) is 18.2. The molecule has 134 valence electrons. The van der Waals surface area contributed by atoms with Gasteiger partial charge in [-0.3, -0.25) is 4.90 Å². The highest BCUT2D eigenvalue weighted by Gasteiger charge is 2.34. The van der Waals surface area contributed by atoms with Gasteiger partial charge in [0.25, 0.3) is 0 Å². The summed E-state index contributed by atoms with van der Waals surface area (Å²) in [5.74, 6) is 0.491. The molecular formula is C21H27NO2S. The minimum absolute atomic E-state index is 0.433. The molecule has 0 bridgehead atoms. The largest absolute Gasteiger partial charge is 0.282 e. The van der Waals surface area contributed by atoms with Crippen molar-refractivity contribution < 1.29 is 8.42 Å². The topological polar surface area (TPSA) is 37.4 Å². The highest BCUT2D eigenvalue weighted by atomic mass is 32.2. The van der Waals surface area contributed by atoms with Crippen molar-refractivity contribution in [2.24, 2.45) is 5.92 Å². The predicted molar refractivity (Wildman–Crippen MR) is 102 cm³/mol. The van der Waals surface area contributed by atoms with Gasteiger partial charge in [0.15, 0.2) is 9.84 Å². The van der Waals surface area contributed by atoms with Gasteiger partial charge in [-0.15, -0.1) is 0 Å². The Morgan fingerprint density at radius 1 is 0.920 bits per heavy atom. The Labute approximate surface area is 151 Å². The number of nitrogens with zero attached hydrogens (tertiary/aromatic N) is 1. The molecule has 2 aromatic rings. The summed E-state index contributed by atoms with van der Waals surface area (Å²) in [7, 11) is -3.37. The lowest BCUT2D eigenvalue weighted by Crippen LogP contribution is -2.44. The number of hydrogen-bond acceptors (Lipinski definition) is 3. The summed E-state index contributed by atoms with van der Waals surface area (Å²) in [6.07, 6.45) is 2.50. The van der Waals surface area contributed by atoms with Crippen LogP contribution in [0, 0.1) is 5.92 Å². The monoisotopic (exact) mass is 357 g/mol. The fourth-order valence-electron chi connectivity index (χ4n) is 3.54. The molecular weight excluding hydrogens is 330 g/mol. The van der Waals surface area contributed by atoms with E-state index in [1.54, 1.807) is 24.3 Å². The lowest BCUT2D eigenvalue weighted by atomic mass is 9.99. The molecule has 0 spiro atoms. The quantitative estimate of drug-likeness (QED) is 0.774. The molecule has 0 aliphatic carbocycles. The number of benzene rings is 2. The van der Waals surface area contributed by atoms with Crippen LogP contribution < -0.4 is 0 Å². The second kappa shape index (κ2) is 7.71. The Balaban J connectivity index is 1.90. The van der Waals surface area contributed by atoms with E-state index in [1.165, 1.54) is 11.1 Å². The Hall–Kier alpha value is -1.65. The van der Waals surface area contributed by atoms with Gasteiger partial charge in [-0.1, -0.05) is 56.3 Å². The van der Waals surface area contributed by atoms with E-state index in [9.17, 15) is 8.42 Å². The van der Waals surface area contributed by atoms with Crippen LogP contribution in [0.15, 0.2) is 59.5 Å². The van der Waals surface area contributed by atoms with Crippen molar-refractivity contribution in [2.45, 2.75) is 49.9 Å². The average Bonchev–Trinajstić information content (AvgIpc) is 2.62. The molecule has 0 fully saturated rings. The van der Waals surface area contributed by atoms with Gasteiger partial charge in [0.2, 0.25) is 0 Å². The van der Waals surface area contributed by atoms with Crippen LogP contribution in [0.4, 0.5) is 0 Å². The van der Waals surface area contributed by atoms with Gasteiger partial charge in [0.1, 0.15) is 5.37 Å². The van der Waals surface area contributed by atoms with E-state index in [0.717, 1.165) is 19.4 Å². The third kappa shape index (κ3) is 4.13. The fourth-order valence-corrected chi connectivity index (χ4v) is 5.41. The summed E-state index contributed by atoms with van der Waals surface area (Å²) in [4.78, 5) is 2.59. The van der Waals surface area contributed by atoms with E-state index in [2.05, 4.69) is 36.9 Å². The fraction of sp³-hybridized carbons (Fsp3) is 0.429. The standard InChI is InChI=1S/C21H27NO2S/c1-17(2)12-13-21(25(23,24)20-10-4-3-5-11-20)22-15-14-18-8-6-7-9-19(18)16-22/h3-11,17,21H,12-16H2,1-2H3. The van der Waals surface area contributed by atoms with Crippen LogP contribution in [0.5, 0.6) is 0 Å². The molecule has 1 heterocycles. The van der Waals surface area contributed by atoms with E-state index in [1.807, 2.05) is 12.1 Å². The summed E-state index contributed by atoms with van der Waals surface area (Å²) < 4.78 is 26.6. The lowest BCUT2D eigenvalue weighted by molar-refractivity contribution is 0.213. The highest BCUT2D eigenvalue weighted by Crippen LogP contribution is 2.28. The molecule has 25 heavy (non-hydrogen) atoms. The van der Waals surface area contributed by atoms with E-state index in [0.29, 0.717) is 23.8 Å². The highest BCUT2D eigenvalue weighted by molar-refractivity contribution is 7.92. The Kier molecular flexibility index (Phi) is 5.60. The normalized spacial score (nSPS) is 16.6. The van der Waals surface area contributed by atoms with Crippen molar-refractivity contribution in [1.29, 1.82) is 0 Å². The van der Waals surface area contributed by atoms with Gasteiger partial charge < -0.3 is 0 Å². The maximum absolute atomic E-state index is 13.3. The zero-order valence-electron chi connectivity index (χ0n) is 15.1. The van der Waals surface area contributed by atoms with Crippen LogP contribution in [-0.2, 0) is 22.8 Å². The Morgan fingerprint density at radius 3 is 2.24 bits per heavy atom. The van der Waals surface area contributed by atoms with Gasteiger partial charge >= 0.3 is 0 Å².